The van der Waals surface area contributed by atoms with Gasteiger partial charge in [-0.15, -0.1) is 0 Å². The maximum Gasteiger partial charge on any atom is 0.323 e. The molecule has 1 aromatic rings. The van der Waals surface area contributed by atoms with Gasteiger partial charge < -0.3 is 15.7 Å². The van der Waals surface area contributed by atoms with Gasteiger partial charge in [0.05, 0.1) is 0 Å². The summed E-state index contributed by atoms with van der Waals surface area (Å²) < 4.78 is 13.2. The van der Waals surface area contributed by atoms with Crippen LogP contribution in [0.1, 0.15) is 5.56 Å². The fourth-order valence-corrected chi connectivity index (χ4v) is 1.23. The van der Waals surface area contributed by atoms with Crippen molar-refractivity contribution in [1.29, 1.82) is 0 Å². The molecule has 6 heteroatoms. The SMILES string of the molecule is O=C(O)CNC(=O)NCCc1ccccc1F. The maximum absolute atomic E-state index is 13.2. The number of aliphatic carboxylic acids is 1. The summed E-state index contributed by atoms with van der Waals surface area (Å²) in [6, 6.07) is 5.70. The van der Waals surface area contributed by atoms with Gasteiger partial charge in [-0.1, -0.05) is 18.2 Å². The van der Waals surface area contributed by atoms with Crippen LogP contribution in [0.4, 0.5) is 9.18 Å². The van der Waals surface area contributed by atoms with E-state index in [4.69, 9.17) is 5.11 Å². The number of urea groups is 1. The van der Waals surface area contributed by atoms with Crippen LogP contribution >= 0.6 is 0 Å². The highest BCUT2D eigenvalue weighted by Gasteiger charge is 2.04. The van der Waals surface area contributed by atoms with Crippen molar-refractivity contribution in [2.45, 2.75) is 6.42 Å². The first-order chi connectivity index (χ1) is 8.09. The van der Waals surface area contributed by atoms with Gasteiger partial charge in [-0.05, 0) is 18.1 Å². The Kier molecular flexibility index (Phi) is 4.93. The Labute approximate surface area is 97.6 Å². The number of hydrogen-bond acceptors (Lipinski definition) is 2. The average molecular weight is 240 g/mol. The van der Waals surface area contributed by atoms with Gasteiger partial charge in [-0.2, -0.15) is 0 Å². The van der Waals surface area contributed by atoms with E-state index < -0.39 is 18.5 Å². The summed E-state index contributed by atoms with van der Waals surface area (Å²) in [5, 5.41) is 12.9. The van der Waals surface area contributed by atoms with E-state index in [1.165, 1.54) is 6.07 Å². The van der Waals surface area contributed by atoms with E-state index in [1.807, 2.05) is 0 Å². The fourth-order valence-electron chi connectivity index (χ4n) is 1.23. The zero-order chi connectivity index (χ0) is 12.7. The highest BCUT2D eigenvalue weighted by molar-refractivity contribution is 5.79. The number of hydrogen-bond donors (Lipinski definition) is 3. The smallest absolute Gasteiger partial charge is 0.323 e. The van der Waals surface area contributed by atoms with Gasteiger partial charge in [0.25, 0.3) is 0 Å². The molecule has 0 aromatic heterocycles. The van der Waals surface area contributed by atoms with Crippen molar-refractivity contribution in [2.75, 3.05) is 13.1 Å². The maximum atomic E-state index is 13.2. The standard InChI is InChI=1S/C11H13FN2O3/c12-9-4-2-1-3-8(9)5-6-13-11(17)14-7-10(15)16/h1-4H,5-7H2,(H,15,16)(H2,13,14,17). The summed E-state index contributed by atoms with van der Waals surface area (Å²) >= 11 is 0. The van der Waals surface area contributed by atoms with Crippen molar-refractivity contribution in [1.82, 2.24) is 10.6 Å². The van der Waals surface area contributed by atoms with Gasteiger partial charge in [-0.25, -0.2) is 9.18 Å². The number of nitrogens with one attached hydrogen (secondary N) is 2. The molecule has 0 atom stereocenters. The summed E-state index contributed by atoms with van der Waals surface area (Å²) in [6.07, 6.45) is 0.354. The van der Waals surface area contributed by atoms with E-state index >= 15 is 0 Å². The predicted molar refractivity (Wildman–Crippen MR) is 59.1 cm³/mol. The van der Waals surface area contributed by atoms with E-state index in [0.717, 1.165) is 0 Å². The number of carboxylic acid groups (broad SMARTS) is 1. The third-order valence-electron chi connectivity index (χ3n) is 2.04. The molecule has 92 valence electrons. The van der Waals surface area contributed by atoms with Crippen LogP contribution in [0.15, 0.2) is 24.3 Å². The molecule has 0 saturated carbocycles. The Bertz CT molecular complexity index is 409. The molecule has 0 bridgehead atoms. The summed E-state index contributed by atoms with van der Waals surface area (Å²) in [4.78, 5) is 21.2. The highest BCUT2D eigenvalue weighted by atomic mass is 19.1. The van der Waals surface area contributed by atoms with Crippen LogP contribution < -0.4 is 10.6 Å². The van der Waals surface area contributed by atoms with Crippen LogP contribution in [0.5, 0.6) is 0 Å². The van der Waals surface area contributed by atoms with Gasteiger partial charge in [-0.3, -0.25) is 4.79 Å². The van der Waals surface area contributed by atoms with Crippen LogP contribution in [0, 0.1) is 5.82 Å². The van der Waals surface area contributed by atoms with Crippen molar-refractivity contribution in [2.24, 2.45) is 0 Å². The van der Waals surface area contributed by atoms with Gasteiger partial charge in [0.1, 0.15) is 12.4 Å². The number of halogens is 1. The molecule has 5 nitrogen and oxygen atoms in total. The monoisotopic (exact) mass is 240 g/mol. The molecule has 0 aliphatic rings. The Morgan fingerprint density at radius 2 is 1.94 bits per heavy atom. The minimum absolute atomic E-state index is 0.242. The van der Waals surface area contributed by atoms with E-state index in [2.05, 4.69) is 10.6 Å². The van der Waals surface area contributed by atoms with Crippen molar-refractivity contribution in [3.63, 3.8) is 0 Å². The van der Waals surface area contributed by atoms with Crippen molar-refractivity contribution in [3.8, 4) is 0 Å². The minimum atomic E-state index is -1.12. The number of carbonyl (C=O) groups excluding carboxylic acids is 1. The van der Waals surface area contributed by atoms with Crippen molar-refractivity contribution in [3.05, 3.63) is 35.6 Å². The number of carbonyl (C=O) groups is 2. The molecule has 0 spiro atoms. The first-order valence-corrected chi connectivity index (χ1v) is 5.06. The number of benzene rings is 1. The van der Waals surface area contributed by atoms with Crippen molar-refractivity contribution >= 4 is 12.0 Å². The Morgan fingerprint density at radius 1 is 1.24 bits per heavy atom. The lowest BCUT2D eigenvalue weighted by Gasteiger charge is -2.06. The van der Waals surface area contributed by atoms with Crippen LogP contribution in [-0.4, -0.2) is 30.2 Å². The van der Waals surface area contributed by atoms with Gasteiger partial charge in [0.15, 0.2) is 0 Å². The van der Waals surface area contributed by atoms with Crippen molar-refractivity contribution < 1.29 is 19.1 Å². The largest absolute Gasteiger partial charge is 0.480 e. The van der Waals surface area contributed by atoms with Gasteiger partial charge in [0.2, 0.25) is 0 Å². The molecular weight excluding hydrogens is 227 g/mol. The van der Waals surface area contributed by atoms with Crippen LogP contribution in [-0.2, 0) is 11.2 Å². The molecule has 2 amide bonds. The lowest BCUT2D eigenvalue weighted by atomic mass is 10.1. The lowest BCUT2D eigenvalue weighted by molar-refractivity contribution is -0.135. The molecule has 17 heavy (non-hydrogen) atoms. The van der Waals surface area contributed by atoms with E-state index in [1.54, 1.807) is 18.2 Å². The summed E-state index contributed by atoms with van der Waals surface area (Å²) in [5.41, 5.74) is 0.506. The topological polar surface area (TPSA) is 78.4 Å². The summed E-state index contributed by atoms with van der Waals surface area (Å²) in [6.45, 7) is -0.197. The zero-order valence-corrected chi connectivity index (χ0v) is 9.07. The molecule has 1 aromatic carbocycles. The summed E-state index contributed by atoms with van der Waals surface area (Å²) in [5.74, 6) is -1.44. The fraction of sp³-hybridized carbons (Fsp3) is 0.273. The first kappa shape index (κ1) is 13.0. The van der Waals surface area contributed by atoms with Gasteiger partial charge in [0, 0.05) is 6.54 Å². The molecule has 0 radical (unpaired) electrons. The molecule has 0 aliphatic carbocycles. The van der Waals surface area contributed by atoms with Gasteiger partial charge >= 0.3 is 12.0 Å². The second kappa shape index (κ2) is 6.47. The lowest BCUT2D eigenvalue weighted by Crippen LogP contribution is -2.39. The van der Waals surface area contributed by atoms with E-state index in [0.29, 0.717) is 12.0 Å². The average Bonchev–Trinajstić information content (AvgIpc) is 2.29. The third kappa shape index (κ3) is 4.96. The molecule has 0 heterocycles. The molecule has 1 rings (SSSR count). The summed E-state index contributed by atoms with van der Waals surface area (Å²) in [7, 11) is 0. The van der Waals surface area contributed by atoms with Crippen LogP contribution in [0.3, 0.4) is 0 Å². The minimum Gasteiger partial charge on any atom is -0.480 e. The number of amides is 2. The normalized spacial score (nSPS) is 9.71. The Balaban J connectivity index is 2.26. The number of rotatable bonds is 5. The Hall–Kier alpha value is -2.11. The number of carboxylic acids is 1. The highest BCUT2D eigenvalue weighted by Crippen LogP contribution is 2.05. The first-order valence-electron chi connectivity index (χ1n) is 5.06. The molecule has 0 aliphatic heterocycles. The second-order valence-corrected chi connectivity index (χ2v) is 3.34. The third-order valence-corrected chi connectivity index (χ3v) is 2.04. The quantitative estimate of drug-likeness (QED) is 0.710. The molecular formula is C11H13FN2O3. The molecule has 3 N–H and O–H groups in total. The predicted octanol–water partition coefficient (Wildman–Crippen LogP) is 0.752. The molecule has 0 fully saturated rings. The van der Waals surface area contributed by atoms with Crippen LogP contribution in [0.25, 0.3) is 0 Å². The second-order valence-electron chi connectivity index (χ2n) is 3.34. The Morgan fingerprint density at radius 3 is 2.59 bits per heavy atom. The van der Waals surface area contributed by atoms with E-state index in [9.17, 15) is 14.0 Å². The zero-order valence-electron chi connectivity index (χ0n) is 9.07. The van der Waals surface area contributed by atoms with Crippen LogP contribution in [0.2, 0.25) is 0 Å². The molecule has 0 saturated heterocycles. The van der Waals surface area contributed by atoms with E-state index in [-0.39, 0.29) is 12.4 Å². The molecule has 0 unspecified atom stereocenters.